The number of aryl methyl sites for hydroxylation is 1. The summed E-state index contributed by atoms with van der Waals surface area (Å²) in [6, 6.07) is 28.5. The molecule has 5 aromatic rings. The molecule has 0 unspecified atom stereocenters. The lowest BCUT2D eigenvalue weighted by Crippen LogP contribution is -2.14. The van der Waals surface area contributed by atoms with Gasteiger partial charge in [0.05, 0.1) is 11.0 Å². The van der Waals surface area contributed by atoms with Crippen LogP contribution in [0.2, 0.25) is 0 Å². The normalized spacial score (nSPS) is 11.2. The minimum Gasteiger partial charge on any atom is -0.345 e. The molecule has 4 nitrogen and oxygen atoms in total. The number of nitrogens with zero attached hydrogens (tertiary/aromatic N) is 3. The number of para-hydroxylation sites is 3. The van der Waals surface area contributed by atoms with Crippen molar-refractivity contribution >= 4 is 39.7 Å². The Labute approximate surface area is 168 Å². The summed E-state index contributed by atoms with van der Waals surface area (Å²) < 4.78 is 4.26. The van der Waals surface area contributed by atoms with Gasteiger partial charge in [0.1, 0.15) is 16.4 Å². The maximum absolute atomic E-state index is 5.86. The molecule has 3 aromatic carbocycles. The van der Waals surface area contributed by atoms with Crippen molar-refractivity contribution in [1.82, 2.24) is 14.0 Å². The molecule has 2 aromatic heterocycles. The fourth-order valence-corrected chi connectivity index (χ4v) is 3.93. The summed E-state index contributed by atoms with van der Waals surface area (Å²) >= 11 is 5.86. The average Bonchev–Trinajstić information content (AvgIpc) is 3.26. The van der Waals surface area contributed by atoms with Gasteiger partial charge in [-0.25, -0.2) is 4.98 Å². The van der Waals surface area contributed by atoms with E-state index in [2.05, 4.69) is 38.6 Å². The quantitative estimate of drug-likeness (QED) is 0.431. The van der Waals surface area contributed by atoms with Gasteiger partial charge in [-0.2, -0.15) is 0 Å². The molecule has 136 valence electrons. The number of anilines is 1. The molecule has 0 fully saturated rings. The van der Waals surface area contributed by atoms with Gasteiger partial charge >= 0.3 is 0 Å². The van der Waals surface area contributed by atoms with Crippen molar-refractivity contribution in [2.24, 2.45) is 7.05 Å². The van der Waals surface area contributed by atoms with Crippen molar-refractivity contribution in [2.45, 2.75) is 0 Å². The van der Waals surface area contributed by atoms with Crippen LogP contribution in [0.5, 0.6) is 0 Å². The molecule has 0 saturated carbocycles. The smallest absolute Gasteiger partial charge is 0.215 e. The maximum atomic E-state index is 5.86. The van der Waals surface area contributed by atoms with Gasteiger partial charge in [0.25, 0.3) is 0 Å². The summed E-state index contributed by atoms with van der Waals surface area (Å²) in [5.74, 6) is 0.868. The number of rotatable bonds is 3. The van der Waals surface area contributed by atoms with Crippen LogP contribution in [0.4, 0.5) is 5.69 Å². The Morgan fingerprint density at radius 1 is 0.821 bits per heavy atom. The van der Waals surface area contributed by atoms with E-state index in [0.29, 0.717) is 4.99 Å². The van der Waals surface area contributed by atoms with Crippen LogP contribution < -0.4 is 5.32 Å². The average molecular weight is 382 g/mol. The molecule has 0 spiro atoms. The van der Waals surface area contributed by atoms with Gasteiger partial charge in [-0.05, 0) is 24.3 Å². The third kappa shape index (κ3) is 2.60. The monoisotopic (exact) mass is 382 g/mol. The molecular formula is C23H18N4S. The highest BCUT2D eigenvalue weighted by Crippen LogP contribution is 2.30. The number of fused-ring (bicyclic) bond motifs is 3. The number of hydrogen-bond acceptors (Lipinski definition) is 2. The van der Waals surface area contributed by atoms with Crippen LogP contribution in [0.3, 0.4) is 0 Å². The van der Waals surface area contributed by atoms with Gasteiger partial charge in [-0.15, -0.1) is 0 Å². The number of imidazole rings is 2. The molecule has 2 heterocycles. The van der Waals surface area contributed by atoms with Crippen molar-refractivity contribution in [3.63, 3.8) is 0 Å². The number of benzene rings is 3. The molecule has 28 heavy (non-hydrogen) atoms. The molecule has 5 rings (SSSR count). The van der Waals surface area contributed by atoms with Gasteiger partial charge in [0, 0.05) is 18.3 Å². The van der Waals surface area contributed by atoms with Crippen LogP contribution in [-0.4, -0.2) is 18.9 Å². The first kappa shape index (κ1) is 16.7. The Kier molecular flexibility index (Phi) is 3.95. The lowest BCUT2D eigenvalue weighted by atomic mass is 10.1. The molecule has 0 amide bonds. The van der Waals surface area contributed by atoms with Crippen molar-refractivity contribution < 1.29 is 0 Å². The van der Waals surface area contributed by atoms with Crippen molar-refractivity contribution in [1.29, 1.82) is 0 Å². The zero-order valence-corrected chi connectivity index (χ0v) is 16.1. The Morgan fingerprint density at radius 2 is 1.43 bits per heavy atom. The second-order valence-corrected chi connectivity index (χ2v) is 7.09. The van der Waals surface area contributed by atoms with Crippen LogP contribution in [-0.2, 0) is 7.05 Å². The number of nitrogens with one attached hydrogen (secondary N) is 1. The van der Waals surface area contributed by atoms with E-state index in [9.17, 15) is 0 Å². The summed E-state index contributed by atoms with van der Waals surface area (Å²) in [7, 11) is 2.04. The summed E-state index contributed by atoms with van der Waals surface area (Å²) in [5, 5.41) is 3.38. The van der Waals surface area contributed by atoms with Gasteiger partial charge in [0.15, 0.2) is 0 Å². The van der Waals surface area contributed by atoms with Gasteiger partial charge in [-0.3, -0.25) is 4.40 Å². The molecule has 0 radical (unpaired) electrons. The van der Waals surface area contributed by atoms with Crippen molar-refractivity contribution in [3.8, 4) is 11.3 Å². The highest BCUT2D eigenvalue weighted by atomic mass is 32.1. The van der Waals surface area contributed by atoms with Crippen LogP contribution in [0.15, 0.2) is 84.9 Å². The van der Waals surface area contributed by atoms with Crippen LogP contribution in [0.1, 0.15) is 5.69 Å². The van der Waals surface area contributed by atoms with Crippen molar-refractivity contribution in [2.75, 3.05) is 5.32 Å². The zero-order chi connectivity index (χ0) is 19.1. The largest absolute Gasteiger partial charge is 0.345 e. The molecule has 0 saturated heterocycles. The van der Waals surface area contributed by atoms with E-state index in [4.69, 9.17) is 17.2 Å². The van der Waals surface area contributed by atoms with E-state index in [0.717, 1.165) is 39.4 Å². The summed E-state index contributed by atoms with van der Waals surface area (Å²) in [4.78, 5) is 5.63. The third-order valence-electron chi connectivity index (χ3n) is 4.94. The SMILES string of the molecule is Cn1c2ccccc2n2c(C(=S)Nc3ccccc3)c(-c3ccccc3)nc12. The molecule has 0 atom stereocenters. The van der Waals surface area contributed by atoms with Gasteiger partial charge in [0.2, 0.25) is 5.78 Å². The second kappa shape index (κ2) is 6.62. The topological polar surface area (TPSA) is 34.3 Å². The Balaban J connectivity index is 1.79. The van der Waals surface area contributed by atoms with E-state index in [-0.39, 0.29) is 0 Å². The Hall–Kier alpha value is -3.44. The standard InChI is InChI=1S/C23H18N4S/c1-26-18-14-8-9-15-19(18)27-21(22(28)24-17-12-6-3-7-13-17)20(25-23(26)27)16-10-4-2-5-11-16/h2-15H,1H3,(H,24,28). The predicted molar refractivity (Wildman–Crippen MR) is 119 cm³/mol. The fourth-order valence-electron chi connectivity index (χ4n) is 3.62. The van der Waals surface area contributed by atoms with Crippen LogP contribution in [0.25, 0.3) is 28.1 Å². The number of hydrogen-bond donors (Lipinski definition) is 1. The summed E-state index contributed by atoms with van der Waals surface area (Å²) in [5.41, 5.74) is 5.99. The first-order valence-corrected chi connectivity index (χ1v) is 9.52. The van der Waals surface area contributed by atoms with E-state index in [1.165, 1.54) is 0 Å². The first-order chi connectivity index (χ1) is 13.7. The minimum absolute atomic E-state index is 0.647. The Morgan fingerprint density at radius 3 is 2.14 bits per heavy atom. The van der Waals surface area contributed by atoms with Gasteiger partial charge in [-0.1, -0.05) is 72.9 Å². The predicted octanol–water partition coefficient (Wildman–Crippen LogP) is 5.28. The molecule has 0 aliphatic heterocycles. The number of aromatic nitrogens is 3. The highest BCUT2D eigenvalue weighted by molar-refractivity contribution is 7.81. The van der Waals surface area contributed by atoms with E-state index >= 15 is 0 Å². The lowest BCUT2D eigenvalue weighted by molar-refractivity contribution is 0.969. The molecule has 0 aliphatic rings. The summed E-state index contributed by atoms with van der Waals surface area (Å²) in [6.07, 6.45) is 0. The third-order valence-corrected chi connectivity index (χ3v) is 5.23. The van der Waals surface area contributed by atoms with E-state index in [1.807, 2.05) is 67.7 Å². The maximum Gasteiger partial charge on any atom is 0.215 e. The zero-order valence-electron chi connectivity index (χ0n) is 15.3. The highest BCUT2D eigenvalue weighted by Gasteiger charge is 2.22. The second-order valence-electron chi connectivity index (χ2n) is 6.68. The Bertz CT molecular complexity index is 1300. The molecule has 0 bridgehead atoms. The molecule has 5 heteroatoms. The van der Waals surface area contributed by atoms with Crippen LogP contribution in [0, 0.1) is 0 Å². The number of thiocarbonyl (C=S) groups is 1. The lowest BCUT2D eigenvalue weighted by Gasteiger charge is -2.10. The van der Waals surface area contributed by atoms with Crippen molar-refractivity contribution in [3.05, 3.63) is 90.6 Å². The van der Waals surface area contributed by atoms with Crippen LogP contribution >= 0.6 is 12.2 Å². The summed E-state index contributed by atoms with van der Waals surface area (Å²) in [6.45, 7) is 0. The molecule has 1 N–H and O–H groups in total. The van der Waals surface area contributed by atoms with E-state index in [1.54, 1.807) is 0 Å². The van der Waals surface area contributed by atoms with Gasteiger partial charge < -0.3 is 9.88 Å². The molecular weight excluding hydrogens is 364 g/mol. The minimum atomic E-state index is 0.647. The first-order valence-electron chi connectivity index (χ1n) is 9.12. The fraction of sp³-hybridized carbons (Fsp3) is 0.0435. The van der Waals surface area contributed by atoms with E-state index < -0.39 is 0 Å². The molecule has 0 aliphatic carbocycles.